The molecule has 106 valence electrons. The van der Waals surface area contributed by atoms with E-state index in [2.05, 4.69) is 21.2 Å². The molecule has 3 N–H and O–H groups in total. The lowest BCUT2D eigenvalue weighted by atomic mass is 10.1. The predicted octanol–water partition coefficient (Wildman–Crippen LogP) is 3.60. The Kier molecular flexibility index (Phi) is 4.24. The van der Waals surface area contributed by atoms with Gasteiger partial charge in [0.2, 0.25) is 0 Å². The SMILES string of the molecule is Cc1c(F)cc(C#N)cc1NC(=O)c1cc(Br)ccc1N. The van der Waals surface area contributed by atoms with Crippen LogP contribution in [0.3, 0.4) is 0 Å². The smallest absolute Gasteiger partial charge is 0.257 e. The van der Waals surface area contributed by atoms with Gasteiger partial charge in [-0.15, -0.1) is 0 Å². The molecular weight excluding hydrogens is 337 g/mol. The highest BCUT2D eigenvalue weighted by Gasteiger charge is 2.14. The van der Waals surface area contributed by atoms with Gasteiger partial charge in [0, 0.05) is 21.4 Å². The first-order chi connectivity index (χ1) is 9.92. The first-order valence-corrected chi connectivity index (χ1v) is 6.78. The van der Waals surface area contributed by atoms with Crippen molar-refractivity contribution in [3.8, 4) is 6.07 Å². The molecule has 0 saturated carbocycles. The lowest BCUT2D eigenvalue weighted by Gasteiger charge is -2.11. The Hall–Kier alpha value is -2.39. The summed E-state index contributed by atoms with van der Waals surface area (Å²) in [5, 5.41) is 11.4. The second-order valence-electron chi connectivity index (χ2n) is 4.43. The van der Waals surface area contributed by atoms with Crippen molar-refractivity contribution in [1.82, 2.24) is 0 Å². The Bertz CT molecular complexity index is 768. The molecule has 2 rings (SSSR count). The maximum Gasteiger partial charge on any atom is 0.257 e. The van der Waals surface area contributed by atoms with Gasteiger partial charge in [-0.3, -0.25) is 4.79 Å². The maximum absolute atomic E-state index is 13.7. The lowest BCUT2D eigenvalue weighted by Crippen LogP contribution is -2.15. The van der Waals surface area contributed by atoms with Crippen LogP contribution in [0, 0.1) is 24.1 Å². The molecule has 0 heterocycles. The number of hydrogen-bond donors (Lipinski definition) is 2. The lowest BCUT2D eigenvalue weighted by molar-refractivity contribution is 0.102. The quantitative estimate of drug-likeness (QED) is 0.814. The number of nitrogen functional groups attached to an aromatic ring is 1. The summed E-state index contributed by atoms with van der Waals surface area (Å²) in [5.74, 6) is -1.02. The molecule has 0 aliphatic carbocycles. The van der Waals surface area contributed by atoms with Crippen LogP contribution in [0.1, 0.15) is 21.5 Å². The number of nitrogens with zero attached hydrogens (tertiary/aromatic N) is 1. The minimum absolute atomic E-state index is 0.135. The number of nitrogens with one attached hydrogen (secondary N) is 1. The third-order valence-corrected chi connectivity index (χ3v) is 3.47. The van der Waals surface area contributed by atoms with Crippen molar-refractivity contribution >= 4 is 33.2 Å². The molecular formula is C15H11BrFN3O. The van der Waals surface area contributed by atoms with Gasteiger partial charge < -0.3 is 11.1 Å². The normalized spacial score (nSPS) is 10.0. The van der Waals surface area contributed by atoms with Crippen molar-refractivity contribution in [2.24, 2.45) is 0 Å². The number of rotatable bonds is 2. The van der Waals surface area contributed by atoms with Crippen molar-refractivity contribution in [2.45, 2.75) is 6.92 Å². The van der Waals surface area contributed by atoms with Gasteiger partial charge in [0.05, 0.1) is 17.2 Å². The van der Waals surface area contributed by atoms with Crippen LogP contribution >= 0.6 is 15.9 Å². The van der Waals surface area contributed by atoms with Gasteiger partial charge in [-0.05, 0) is 37.3 Å². The topological polar surface area (TPSA) is 78.9 Å². The molecule has 0 bridgehead atoms. The minimum atomic E-state index is -0.549. The number of benzene rings is 2. The van der Waals surface area contributed by atoms with Crippen LogP contribution in [-0.4, -0.2) is 5.91 Å². The number of nitrogens with two attached hydrogens (primary N) is 1. The van der Waals surface area contributed by atoms with E-state index >= 15 is 0 Å². The highest BCUT2D eigenvalue weighted by Crippen LogP contribution is 2.23. The van der Waals surface area contributed by atoms with Gasteiger partial charge >= 0.3 is 0 Å². The summed E-state index contributed by atoms with van der Waals surface area (Å²) < 4.78 is 14.4. The average Bonchev–Trinajstić information content (AvgIpc) is 2.46. The molecule has 0 spiro atoms. The van der Waals surface area contributed by atoms with E-state index in [1.165, 1.54) is 13.0 Å². The Labute approximate surface area is 129 Å². The van der Waals surface area contributed by atoms with E-state index < -0.39 is 11.7 Å². The van der Waals surface area contributed by atoms with E-state index in [1.807, 2.05) is 6.07 Å². The van der Waals surface area contributed by atoms with Crippen molar-refractivity contribution in [2.75, 3.05) is 11.1 Å². The van der Waals surface area contributed by atoms with Crippen molar-refractivity contribution in [3.63, 3.8) is 0 Å². The zero-order chi connectivity index (χ0) is 15.6. The molecule has 4 nitrogen and oxygen atoms in total. The second kappa shape index (κ2) is 5.94. The van der Waals surface area contributed by atoms with Crippen LogP contribution in [0.4, 0.5) is 15.8 Å². The number of halogens is 2. The summed E-state index contributed by atoms with van der Waals surface area (Å²) in [6, 6.07) is 9.27. The highest BCUT2D eigenvalue weighted by molar-refractivity contribution is 9.10. The van der Waals surface area contributed by atoms with Gasteiger partial charge in [0.1, 0.15) is 5.82 Å². The molecule has 21 heavy (non-hydrogen) atoms. The zero-order valence-electron chi connectivity index (χ0n) is 11.1. The van der Waals surface area contributed by atoms with Crippen LogP contribution in [0.15, 0.2) is 34.8 Å². The van der Waals surface area contributed by atoms with E-state index in [9.17, 15) is 9.18 Å². The molecule has 0 aromatic heterocycles. The van der Waals surface area contributed by atoms with Gasteiger partial charge in [-0.1, -0.05) is 15.9 Å². The highest BCUT2D eigenvalue weighted by atomic mass is 79.9. The summed E-state index contributed by atoms with van der Waals surface area (Å²) in [4.78, 5) is 12.2. The van der Waals surface area contributed by atoms with Crippen molar-refractivity contribution in [3.05, 3.63) is 57.3 Å². The molecule has 0 fully saturated rings. The monoisotopic (exact) mass is 347 g/mol. The number of carbonyl (C=O) groups excluding carboxylic acids is 1. The molecule has 1 amide bonds. The minimum Gasteiger partial charge on any atom is -0.398 e. The van der Waals surface area contributed by atoms with Crippen molar-refractivity contribution < 1.29 is 9.18 Å². The number of nitriles is 1. The number of anilines is 2. The third-order valence-electron chi connectivity index (χ3n) is 2.98. The fourth-order valence-electron chi connectivity index (χ4n) is 1.79. The summed E-state index contributed by atoms with van der Waals surface area (Å²) in [6.45, 7) is 1.52. The molecule has 0 unspecified atom stereocenters. The van der Waals surface area contributed by atoms with E-state index in [0.29, 0.717) is 10.2 Å². The maximum atomic E-state index is 13.7. The van der Waals surface area contributed by atoms with Crippen LogP contribution < -0.4 is 11.1 Å². The van der Waals surface area contributed by atoms with Crippen LogP contribution in [0.25, 0.3) is 0 Å². The van der Waals surface area contributed by atoms with Gasteiger partial charge in [0.15, 0.2) is 0 Å². The molecule has 2 aromatic rings. The summed E-state index contributed by atoms with van der Waals surface area (Å²) in [6.07, 6.45) is 0. The van der Waals surface area contributed by atoms with Gasteiger partial charge in [-0.2, -0.15) is 5.26 Å². The third kappa shape index (κ3) is 3.20. The van der Waals surface area contributed by atoms with E-state index in [-0.39, 0.29) is 22.4 Å². The predicted molar refractivity (Wildman–Crippen MR) is 82.4 cm³/mol. The standard InChI is InChI=1S/C15H11BrFN3O/c1-8-12(17)4-9(7-18)5-14(8)20-15(21)11-6-10(16)2-3-13(11)19/h2-6H,19H2,1H3,(H,20,21). The van der Waals surface area contributed by atoms with Crippen LogP contribution in [-0.2, 0) is 0 Å². The van der Waals surface area contributed by atoms with Gasteiger partial charge in [-0.25, -0.2) is 4.39 Å². The molecule has 2 aromatic carbocycles. The van der Waals surface area contributed by atoms with Crippen molar-refractivity contribution in [1.29, 1.82) is 5.26 Å². The van der Waals surface area contributed by atoms with E-state index in [0.717, 1.165) is 6.07 Å². The Morgan fingerprint density at radius 1 is 1.38 bits per heavy atom. The van der Waals surface area contributed by atoms with E-state index in [4.69, 9.17) is 11.0 Å². The first kappa shape index (κ1) is 15.0. The number of hydrogen-bond acceptors (Lipinski definition) is 3. The molecule has 6 heteroatoms. The molecule has 0 radical (unpaired) electrons. The van der Waals surface area contributed by atoms with E-state index in [1.54, 1.807) is 18.2 Å². The molecule has 0 aliphatic rings. The average molecular weight is 348 g/mol. The fourth-order valence-corrected chi connectivity index (χ4v) is 2.15. The first-order valence-electron chi connectivity index (χ1n) is 5.99. The fraction of sp³-hybridized carbons (Fsp3) is 0.0667. The Morgan fingerprint density at radius 2 is 2.10 bits per heavy atom. The second-order valence-corrected chi connectivity index (χ2v) is 5.34. The molecule has 0 atom stereocenters. The summed E-state index contributed by atoms with van der Waals surface area (Å²) in [7, 11) is 0. The number of amides is 1. The zero-order valence-corrected chi connectivity index (χ0v) is 12.7. The summed E-state index contributed by atoms with van der Waals surface area (Å²) >= 11 is 3.26. The molecule has 0 aliphatic heterocycles. The molecule has 0 saturated heterocycles. The van der Waals surface area contributed by atoms with Crippen LogP contribution in [0.2, 0.25) is 0 Å². The van der Waals surface area contributed by atoms with Gasteiger partial charge in [0.25, 0.3) is 5.91 Å². The Morgan fingerprint density at radius 3 is 2.76 bits per heavy atom. The largest absolute Gasteiger partial charge is 0.398 e. The number of carbonyl (C=O) groups is 1. The van der Waals surface area contributed by atoms with Crippen LogP contribution in [0.5, 0.6) is 0 Å². The Balaban J connectivity index is 2.38. The summed E-state index contributed by atoms with van der Waals surface area (Å²) in [5.41, 5.74) is 6.98.